The van der Waals surface area contributed by atoms with Crippen LogP contribution < -0.4 is 4.90 Å². The molecule has 2 aliphatic carbocycles. The summed E-state index contributed by atoms with van der Waals surface area (Å²) in [6, 6.07) is 10.1. The van der Waals surface area contributed by atoms with Crippen LogP contribution in [0.2, 0.25) is 10.0 Å². The van der Waals surface area contributed by atoms with Gasteiger partial charge in [0.25, 0.3) is 0 Å². The highest BCUT2D eigenvalue weighted by Gasteiger charge is 2.44. The number of rotatable bonds is 4. The fourth-order valence-corrected chi connectivity index (χ4v) is 7.74. The Morgan fingerprint density at radius 2 is 1.78 bits per heavy atom. The first-order chi connectivity index (χ1) is 17.4. The minimum atomic E-state index is 0.245. The molecule has 1 saturated carbocycles. The van der Waals surface area contributed by atoms with Gasteiger partial charge in [0, 0.05) is 30.1 Å². The molecule has 4 nitrogen and oxygen atoms in total. The quantitative estimate of drug-likeness (QED) is 0.261. The maximum atomic E-state index is 6.57. The van der Waals surface area contributed by atoms with E-state index in [1.54, 1.807) is 0 Å². The molecule has 0 N–H and O–H groups in total. The predicted molar refractivity (Wildman–Crippen MR) is 150 cm³/mol. The number of halogens is 2. The van der Waals surface area contributed by atoms with Gasteiger partial charge in [-0.3, -0.25) is 0 Å². The second-order valence-electron chi connectivity index (χ2n) is 10.8. The minimum absolute atomic E-state index is 0.245. The summed E-state index contributed by atoms with van der Waals surface area (Å²) in [6.45, 7) is 6.38. The van der Waals surface area contributed by atoms with Crippen LogP contribution in [0.25, 0.3) is 27.0 Å². The third-order valence-electron chi connectivity index (χ3n) is 8.06. The van der Waals surface area contributed by atoms with Crippen LogP contribution in [0.1, 0.15) is 60.5 Å². The van der Waals surface area contributed by atoms with Crippen LogP contribution in [0.3, 0.4) is 0 Å². The highest BCUT2D eigenvalue weighted by atomic mass is 35.5. The van der Waals surface area contributed by atoms with E-state index < -0.39 is 0 Å². The molecule has 1 saturated heterocycles. The summed E-state index contributed by atoms with van der Waals surface area (Å²) in [7, 11) is 0. The number of benzene rings is 2. The summed E-state index contributed by atoms with van der Waals surface area (Å²) >= 11 is 15.0. The zero-order chi connectivity index (χ0) is 24.6. The molecule has 1 spiro atoms. The van der Waals surface area contributed by atoms with E-state index in [9.17, 15) is 0 Å². The van der Waals surface area contributed by atoms with Crippen LogP contribution in [0.4, 0.5) is 5.13 Å². The highest BCUT2D eigenvalue weighted by molar-refractivity contribution is 7.22. The van der Waals surface area contributed by atoms with E-state index in [4.69, 9.17) is 32.7 Å². The SMILES string of the molecule is Cc1cc(C)c2nc(N3CCC4(C=C(c5c(-c6c(Cl)cccc6Cl)noc5C5CC5)C4)CC3)sc2c1. The molecular formula is C29H27Cl2N3OS. The summed E-state index contributed by atoms with van der Waals surface area (Å²) in [5.74, 6) is 1.48. The molecule has 184 valence electrons. The zero-order valence-electron chi connectivity index (χ0n) is 20.4. The average molecular weight is 537 g/mol. The van der Waals surface area contributed by atoms with Crippen molar-refractivity contribution in [3.8, 4) is 11.3 Å². The van der Waals surface area contributed by atoms with Crippen molar-refractivity contribution in [1.29, 1.82) is 0 Å². The van der Waals surface area contributed by atoms with E-state index in [0.29, 0.717) is 16.0 Å². The fourth-order valence-electron chi connectivity index (χ4n) is 5.97. The molecule has 36 heavy (non-hydrogen) atoms. The number of aryl methyl sites for hydroxylation is 2. The Balaban J connectivity index is 1.16. The Hall–Kier alpha value is -2.34. The first-order valence-electron chi connectivity index (χ1n) is 12.7. The van der Waals surface area contributed by atoms with Crippen LogP contribution in [-0.2, 0) is 0 Å². The first-order valence-corrected chi connectivity index (χ1v) is 14.3. The van der Waals surface area contributed by atoms with Gasteiger partial charge < -0.3 is 9.42 Å². The normalized spacial score (nSPS) is 19.1. The number of piperidine rings is 1. The van der Waals surface area contributed by atoms with Crippen LogP contribution in [-0.4, -0.2) is 23.2 Å². The monoisotopic (exact) mass is 535 g/mol. The van der Waals surface area contributed by atoms with Crippen LogP contribution in [0, 0.1) is 19.3 Å². The van der Waals surface area contributed by atoms with Gasteiger partial charge >= 0.3 is 0 Å². The molecule has 7 heteroatoms. The second kappa shape index (κ2) is 8.34. The minimum Gasteiger partial charge on any atom is -0.360 e. The van der Waals surface area contributed by atoms with Crippen molar-refractivity contribution in [3.05, 3.63) is 68.9 Å². The van der Waals surface area contributed by atoms with Gasteiger partial charge in [0.2, 0.25) is 0 Å². The standard InChI is InChI=1S/C29H27Cl2N3OS/c1-16-12-17(2)25-22(13-16)36-28(32-25)34-10-8-29(9-11-34)14-19(15-29)23-26(33-35-27(23)18-6-7-18)24-20(30)4-3-5-21(24)31/h3-5,12-14,18H,6-11,15H2,1-2H3. The zero-order valence-corrected chi connectivity index (χ0v) is 22.7. The molecule has 3 aliphatic rings. The number of anilines is 1. The molecule has 0 bridgehead atoms. The third kappa shape index (κ3) is 3.70. The lowest BCUT2D eigenvalue weighted by Gasteiger charge is -2.46. The average Bonchev–Trinajstić information content (AvgIpc) is 3.44. The third-order valence-corrected chi connectivity index (χ3v) is 9.75. The van der Waals surface area contributed by atoms with Gasteiger partial charge in [-0.25, -0.2) is 4.98 Å². The molecule has 0 unspecified atom stereocenters. The number of thiazole rings is 1. The van der Waals surface area contributed by atoms with E-state index in [1.165, 1.54) is 21.4 Å². The van der Waals surface area contributed by atoms with Gasteiger partial charge in [0.1, 0.15) is 11.5 Å². The molecule has 2 aromatic carbocycles. The molecule has 1 aliphatic heterocycles. The largest absolute Gasteiger partial charge is 0.360 e. The summed E-state index contributed by atoms with van der Waals surface area (Å²) in [5, 5.41) is 6.88. The number of fused-ring (bicyclic) bond motifs is 1. The Kier molecular flexibility index (Phi) is 5.29. The molecule has 4 aromatic rings. The topological polar surface area (TPSA) is 42.2 Å². The Morgan fingerprint density at radius 3 is 2.47 bits per heavy atom. The molecule has 0 amide bonds. The first kappa shape index (κ1) is 22.8. The number of aromatic nitrogens is 2. The van der Waals surface area contributed by atoms with Crippen molar-refractivity contribution in [2.45, 2.75) is 51.9 Å². The number of hydrogen-bond acceptors (Lipinski definition) is 5. The van der Waals surface area contributed by atoms with Gasteiger partial charge in [-0.15, -0.1) is 0 Å². The Labute approximate surface area is 224 Å². The number of allylic oxidation sites excluding steroid dienone is 2. The molecule has 3 heterocycles. The maximum absolute atomic E-state index is 6.57. The van der Waals surface area contributed by atoms with E-state index in [1.807, 2.05) is 29.5 Å². The lowest BCUT2D eigenvalue weighted by molar-refractivity contribution is 0.277. The summed E-state index contributed by atoms with van der Waals surface area (Å²) in [6.07, 6.45) is 8.13. The van der Waals surface area contributed by atoms with Crippen LogP contribution in [0.15, 0.2) is 40.9 Å². The van der Waals surface area contributed by atoms with Gasteiger partial charge in [-0.1, -0.05) is 57.9 Å². The van der Waals surface area contributed by atoms with Crippen LogP contribution >= 0.6 is 34.5 Å². The second-order valence-corrected chi connectivity index (χ2v) is 12.6. The van der Waals surface area contributed by atoms with Crippen molar-refractivity contribution in [2.75, 3.05) is 18.0 Å². The smallest absolute Gasteiger partial charge is 0.186 e. The lowest BCUT2D eigenvalue weighted by Crippen LogP contribution is -2.42. The van der Waals surface area contributed by atoms with Crippen molar-refractivity contribution in [2.24, 2.45) is 5.41 Å². The van der Waals surface area contributed by atoms with Crippen molar-refractivity contribution in [1.82, 2.24) is 10.1 Å². The van der Waals surface area contributed by atoms with Gasteiger partial charge in [-0.05, 0) is 86.3 Å². The lowest BCUT2D eigenvalue weighted by atomic mass is 9.63. The predicted octanol–water partition coefficient (Wildman–Crippen LogP) is 8.83. The molecule has 2 fully saturated rings. The highest BCUT2D eigenvalue weighted by Crippen LogP contribution is 2.56. The number of hydrogen-bond donors (Lipinski definition) is 0. The molecule has 7 rings (SSSR count). The van der Waals surface area contributed by atoms with E-state index in [-0.39, 0.29) is 5.41 Å². The van der Waals surface area contributed by atoms with Crippen molar-refractivity contribution < 1.29 is 4.52 Å². The number of nitrogens with zero attached hydrogens (tertiary/aromatic N) is 3. The Morgan fingerprint density at radius 1 is 1.06 bits per heavy atom. The van der Waals surface area contributed by atoms with E-state index in [0.717, 1.165) is 78.4 Å². The molecule has 0 atom stereocenters. The van der Waals surface area contributed by atoms with Gasteiger partial charge in [0.05, 0.1) is 20.3 Å². The summed E-state index contributed by atoms with van der Waals surface area (Å²) in [5.41, 5.74) is 8.02. The fraction of sp³-hybridized carbons (Fsp3) is 0.379. The van der Waals surface area contributed by atoms with Gasteiger partial charge in [-0.2, -0.15) is 0 Å². The van der Waals surface area contributed by atoms with Gasteiger partial charge in [0.15, 0.2) is 5.13 Å². The summed E-state index contributed by atoms with van der Waals surface area (Å²) in [4.78, 5) is 7.48. The van der Waals surface area contributed by atoms with Crippen LogP contribution in [0.5, 0.6) is 0 Å². The maximum Gasteiger partial charge on any atom is 0.186 e. The Bertz CT molecular complexity index is 1520. The molecular weight excluding hydrogens is 509 g/mol. The van der Waals surface area contributed by atoms with E-state index in [2.05, 4.69) is 42.1 Å². The molecule has 2 aromatic heterocycles. The summed E-state index contributed by atoms with van der Waals surface area (Å²) < 4.78 is 7.21. The van der Waals surface area contributed by atoms with Crippen molar-refractivity contribution >= 4 is 55.5 Å². The molecule has 0 radical (unpaired) electrons. The van der Waals surface area contributed by atoms with E-state index >= 15 is 0 Å². The van der Waals surface area contributed by atoms with Crippen molar-refractivity contribution in [3.63, 3.8) is 0 Å².